The second-order valence-corrected chi connectivity index (χ2v) is 6.27. The molecule has 1 amide bonds. The number of aromatic nitrogens is 2. The van der Waals surface area contributed by atoms with Crippen LogP contribution in [-0.2, 0) is 27.4 Å². The largest absolute Gasteiger partial charge is 0.382 e. The number of carbonyl (C=O) groups excluding carboxylic acids is 1. The first-order chi connectivity index (χ1) is 11.0. The third-order valence-electron chi connectivity index (χ3n) is 4.21. The van der Waals surface area contributed by atoms with Gasteiger partial charge < -0.3 is 18.9 Å². The molecule has 1 saturated heterocycles. The summed E-state index contributed by atoms with van der Waals surface area (Å²) in [4.78, 5) is 20.5. The number of imidazole rings is 1. The first kappa shape index (κ1) is 17.9. The second kappa shape index (κ2) is 7.90. The van der Waals surface area contributed by atoms with Crippen LogP contribution in [0.5, 0.6) is 0 Å². The van der Waals surface area contributed by atoms with E-state index >= 15 is 0 Å². The minimum atomic E-state index is -0.585. The Balaban J connectivity index is 2.07. The summed E-state index contributed by atoms with van der Waals surface area (Å²) in [7, 11) is 5.18. The zero-order valence-corrected chi connectivity index (χ0v) is 14.6. The zero-order valence-electron chi connectivity index (χ0n) is 14.6. The van der Waals surface area contributed by atoms with Crippen LogP contribution in [0, 0.1) is 0 Å². The number of rotatable bonds is 7. The zero-order chi connectivity index (χ0) is 16.9. The number of hydrogen-bond donors (Lipinski definition) is 0. The Morgan fingerprint density at radius 2 is 2.30 bits per heavy atom. The molecule has 7 nitrogen and oxygen atoms in total. The average molecular weight is 324 g/mol. The molecule has 1 fully saturated rings. The van der Waals surface area contributed by atoms with Gasteiger partial charge in [-0.25, -0.2) is 4.98 Å². The van der Waals surface area contributed by atoms with Crippen LogP contribution in [0.3, 0.4) is 0 Å². The molecule has 0 aromatic carbocycles. The van der Waals surface area contributed by atoms with Gasteiger partial charge in [0.2, 0.25) is 5.91 Å². The summed E-state index contributed by atoms with van der Waals surface area (Å²) in [6, 6.07) is 0. The first-order valence-electron chi connectivity index (χ1n) is 8.05. The van der Waals surface area contributed by atoms with Crippen LogP contribution in [0.1, 0.15) is 19.2 Å². The van der Waals surface area contributed by atoms with Crippen LogP contribution >= 0.6 is 0 Å². The summed E-state index contributed by atoms with van der Waals surface area (Å²) in [5.41, 5.74) is -0.585. The number of ether oxygens (including phenoxy) is 2. The van der Waals surface area contributed by atoms with E-state index in [1.54, 1.807) is 26.1 Å². The number of methoxy groups -OCH3 is 1. The van der Waals surface area contributed by atoms with E-state index in [9.17, 15) is 4.79 Å². The lowest BCUT2D eigenvalue weighted by Gasteiger charge is -2.42. The second-order valence-electron chi connectivity index (χ2n) is 6.27. The molecule has 1 aliphatic rings. The van der Waals surface area contributed by atoms with Gasteiger partial charge in [-0.15, -0.1) is 0 Å². The maximum atomic E-state index is 12.2. The Bertz CT molecular complexity index is 513. The molecular formula is C16H28N4O3. The third kappa shape index (κ3) is 4.53. The first-order valence-corrected chi connectivity index (χ1v) is 8.05. The average Bonchev–Trinajstić information content (AvgIpc) is 2.94. The van der Waals surface area contributed by atoms with E-state index in [0.29, 0.717) is 26.2 Å². The van der Waals surface area contributed by atoms with Gasteiger partial charge in [0.05, 0.1) is 26.2 Å². The Kier molecular flexibility index (Phi) is 6.15. The molecule has 130 valence electrons. The highest BCUT2D eigenvalue weighted by Gasteiger charge is 2.39. The number of amides is 1. The van der Waals surface area contributed by atoms with Gasteiger partial charge in [0.25, 0.3) is 0 Å². The number of hydrogen-bond acceptors (Lipinski definition) is 5. The molecule has 1 aliphatic heterocycles. The molecule has 23 heavy (non-hydrogen) atoms. The van der Waals surface area contributed by atoms with Gasteiger partial charge in [-0.1, -0.05) is 0 Å². The van der Waals surface area contributed by atoms with E-state index in [-0.39, 0.29) is 5.91 Å². The van der Waals surface area contributed by atoms with Crippen molar-refractivity contribution in [2.75, 3.05) is 47.5 Å². The van der Waals surface area contributed by atoms with E-state index in [2.05, 4.69) is 21.4 Å². The maximum Gasteiger partial charge on any atom is 0.225 e. The molecule has 7 heteroatoms. The van der Waals surface area contributed by atoms with Crippen molar-refractivity contribution in [2.45, 2.75) is 32.0 Å². The predicted octanol–water partition coefficient (Wildman–Crippen LogP) is 0.599. The fraction of sp³-hybridized carbons (Fsp3) is 0.750. The van der Waals surface area contributed by atoms with Crippen molar-refractivity contribution in [1.29, 1.82) is 0 Å². The molecule has 0 radical (unpaired) electrons. The lowest BCUT2D eigenvalue weighted by atomic mass is 9.97. The fourth-order valence-electron chi connectivity index (χ4n) is 2.98. The minimum Gasteiger partial charge on any atom is -0.382 e. The van der Waals surface area contributed by atoms with Crippen LogP contribution in [0.15, 0.2) is 12.4 Å². The third-order valence-corrected chi connectivity index (χ3v) is 4.21. The topological polar surface area (TPSA) is 59.8 Å². The minimum absolute atomic E-state index is 0.0546. The van der Waals surface area contributed by atoms with Crippen LogP contribution in [0.2, 0.25) is 0 Å². The number of aryl methyl sites for hydroxylation is 1. The van der Waals surface area contributed by atoms with Gasteiger partial charge in [-0.05, 0) is 6.92 Å². The molecular weight excluding hydrogens is 296 g/mol. The van der Waals surface area contributed by atoms with Crippen molar-refractivity contribution in [3.63, 3.8) is 0 Å². The summed E-state index contributed by atoms with van der Waals surface area (Å²) in [5.74, 6) is 1.10. The van der Waals surface area contributed by atoms with E-state index in [1.807, 2.05) is 12.4 Å². The van der Waals surface area contributed by atoms with E-state index in [4.69, 9.17) is 9.47 Å². The summed E-state index contributed by atoms with van der Waals surface area (Å²) in [5, 5.41) is 0. The van der Waals surface area contributed by atoms with Crippen molar-refractivity contribution >= 4 is 5.91 Å². The Hall–Kier alpha value is -1.44. The van der Waals surface area contributed by atoms with Crippen LogP contribution < -0.4 is 0 Å². The van der Waals surface area contributed by atoms with Gasteiger partial charge >= 0.3 is 0 Å². The standard InChI is InChI=1S/C16H28N4O3/c1-5-20-7-6-17-14(20)11-19-8-9-23-16(12-19,13-22-4)10-15(21)18(2)3/h6-7H,5,8-13H2,1-4H3/t16-/m0/s1. The Labute approximate surface area is 138 Å². The molecule has 1 aromatic heterocycles. The monoisotopic (exact) mass is 324 g/mol. The van der Waals surface area contributed by atoms with E-state index in [0.717, 1.165) is 25.5 Å². The normalized spacial score (nSPS) is 22.3. The molecule has 0 spiro atoms. The lowest BCUT2D eigenvalue weighted by Crippen LogP contribution is -2.56. The lowest BCUT2D eigenvalue weighted by molar-refractivity contribution is -0.160. The van der Waals surface area contributed by atoms with Gasteiger partial charge in [0, 0.05) is 53.2 Å². The Morgan fingerprint density at radius 1 is 1.52 bits per heavy atom. The van der Waals surface area contributed by atoms with Crippen molar-refractivity contribution in [3.05, 3.63) is 18.2 Å². The summed E-state index contributed by atoms with van der Waals surface area (Å²) in [6.45, 7) is 6.26. The highest BCUT2D eigenvalue weighted by Crippen LogP contribution is 2.24. The van der Waals surface area contributed by atoms with Crippen molar-refractivity contribution < 1.29 is 14.3 Å². The summed E-state index contributed by atoms with van der Waals surface area (Å²) >= 11 is 0. The predicted molar refractivity (Wildman–Crippen MR) is 87.0 cm³/mol. The van der Waals surface area contributed by atoms with Crippen LogP contribution in [0.4, 0.5) is 0 Å². The van der Waals surface area contributed by atoms with E-state index in [1.165, 1.54) is 0 Å². The van der Waals surface area contributed by atoms with E-state index < -0.39 is 5.60 Å². The molecule has 2 rings (SSSR count). The summed E-state index contributed by atoms with van der Waals surface area (Å²) in [6.07, 6.45) is 4.15. The highest BCUT2D eigenvalue weighted by molar-refractivity contribution is 5.76. The highest BCUT2D eigenvalue weighted by atomic mass is 16.5. The summed E-state index contributed by atoms with van der Waals surface area (Å²) < 4.78 is 13.5. The quantitative estimate of drug-likeness (QED) is 0.735. The van der Waals surface area contributed by atoms with Crippen LogP contribution in [-0.4, -0.2) is 78.4 Å². The fourth-order valence-corrected chi connectivity index (χ4v) is 2.98. The number of carbonyl (C=O) groups is 1. The van der Waals surface area contributed by atoms with Crippen molar-refractivity contribution in [3.8, 4) is 0 Å². The molecule has 0 aliphatic carbocycles. The van der Waals surface area contributed by atoms with Gasteiger partial charge in [0.1, 0.15) is 11.4 Å². The Morgan fingerprint density at radius 3 is 2.96 bits per heavy atom. The molecule has 0 unspecified atom stereocenters. The molecule has 1 atom stereocenters. The maximum absolute atomic E-state index is 12.2. The molecule has 2 heterocycles. The molecule has 0 saturated carbocycles. The van der Waals surface area contributed by atoms with Gasteiger partial charge in [-0.3, -0.25) is 9.69 Å². The van der Waals surface area contributed by atoms with Crippen molar-refractivity contribution in [1.82, 2.24) is 19.4 Å². The molecule has 0 N–H and O–H groups in total. The number of morpholine rings is 1. The van der Waals surface area contributed by atoms with Crippen LogP contribution in [0.25, 0.3) is 0 Å². The smallest absolute Gasteiger partial charge is 0.225 e. The molecule has 0 bridgehead atoms. The SMILES string of the molecule is CCn1ccnc1CN1CCO[C@@](COC)(CC(=O)N(C)C)C1. The molecule has 1 aromatic rings. The van der Waals surface area contributed by atoms with Gasteiger partial charge in [0.15, 0.2) is 0 Å². The van der Waals surface area contributed by atoms with Gasteiger partial charge in [-0.2, -0.15) is 0 Å². The van der Waals surface area contributed by atoms with Crippen molar-refractivity contribution in [2.24, 2.45) is 0 Å². The number of nitrogens with zero attached hydrogens (tertiary/aromatic N) is 4.